The first-order valence-corrected chi connectivity index (χ1v) is 5.28. The van der Waals surface area contributed by atoms with Gasteiger partial charge in [-0.3, -0.25) is 9.78 Å². The molecule has 1 unspecified atom stereocenters. The molecule has 5 N–H and O–H groups in total. The van der Waals surface area contributed by atoms with Crippen molar-refractivity contribution in [3.8, 4) is 0 Å². The number of para-hydroxylation sites is 1. The Morgan fingerprint density at radius 2 is 2.12 bits per heavy atom. The molecule has 1 atom stereocenters. The largest absolute Gasteiger partial charge is 0.396 e. The number of amides is 1. The number of hydrogen-bond acceptors (Lipinski definition) is 4. The summed E-state index contributed by atoms with van der Waals surface area (Å²) in [5.41, 5.74) is 13.1. The number of carbonyl (C=O) groups excluding carboxylic acids is 1. The molecule has 0 radical (unpaired) electrons. The van der Waals surface area contributed by atoms with E-state index in [1.165, 1.54) is 0 Å². The van der Waals surface area contributed by atoms with Crippen LogP contribution in [0.2, 0.25) is 0 Å². The average Bonchev–Trinajstić information content (AvgIpc) is 2.32. The first-order chi connectivity index (χ1) is 8.09. The van der Waals surface area contributed by atoms with Crippen LogP contribution >= 0.6 is 0 Å². The topological polar surface area (TPSA) is 94.0 Å². The maximum atomic E-state index is 11.1. The van der Waals surface area contributed by atoms with Gasteiger partial charge in [-0.25, -0.2) is 0 Å². The SMILES string of the molecule is CC(Nc1c(N)cnc2ccccc12)C(N)=O. The van der Waals surface area contributed by atoms with E-state index < -0.39 is 11.9 Å². The summed E-state index contributed by atoms with van der Waals surface area (Å²) in [5, 5.41) is 3.89. The number of nitrogen functional groups attached to an aromatic ring is 1. The van der Waals surface area contributed by atoms with Crippen molar-refractivity contribution in [2.75, 3.05) is 11.1 Å². The van der Waals surface area contributed by atoms with Crippen molar-refractivity contribution in [1.29, 1.82) is 0 Å². The van der Waals surface area contributed by atoms with Crippen LogP contribution in [0.1, 0.15) is 6.92 Å². The Morgan fingerprint density at radius 1 is 1.41 bits per heavy atom. The third kappa shape index (κ3) is 2.13. The van der Waals surface area contributed by atoms with E-state index in [0.29, 0.717) is 11.4 Å². The van der Waals surface area contributed by atoms with Crippen molar-refractivity contribution in [2.24, 2.45) is 5.73 Å². The number of nitrogens with one attached hydrogen (secondary N) is 1. The van der Waals surface area contributed by atoms with Crippen molar-refractivity contribution in [3.05, 3.63) is 30.5 Å². The van der Waals surface area contributed by atoms with Gasteiger partial charge < -0.3 is 16.8 Å². The molecule has 0 aliphatic rings. The lowest BCUT2D eigenvalue weighted by atomic mass is 10.1. The summed E-state index contributed by atoms with van der Waals surface area (Å²) in [6.45, 7) is 1.69. The maximum absolute atomic E-state index is 11.1. The van der Waals surface area contributed by atoms with Gasteiger partial charge in [0.2, 0.25) is 5.91 Å². The molecule has 2 aromatic rings. The number of nitrogens with two attached hydrogens (primary N) is 2. The summed E-state index contributed by atoms with van der Waals surface area (Å²) in [6, 6.07) is 7.09. The molecule has 17 heavy (non-hydrogen) atoms. The minimum Gasteiger partial charge on any atom is -0.396 e. The maximum Gasteiger partial charge on any atom is 0.239 e. The fourth-order valence-electron chi connectivity index (χ4n) is 1.61. The molecule has 5 heteroatoms. The molecular formula is C12H14N4O. The lowest BCUT2D eigenvalue weighted by Crippen LogP contribution is -2.32. The van der Waals surface area contributed by atoms with E-state index in [4.69, 9.17) is 11.5 Å². The Kier molecular flexibility index (Phi) is 2.82. The van der Waals surface area contributed by atoms with E-state index in [9.17, 15) is 4.79 Å². The van der Waals surface area contributed by atoms with E-state index in [1.807, 2.05) is 24.3 Å². The second-order valence-electron chi connectivity index (χ2n) is 3.87. The van der Waals surface area contributed by atoms with Gasteiger partial charge in [0.15, 0.2) is 0 Å². The summed E-state index contributed by atoms with van der Waals surface area (Å²) in [5.74, 6) is -0.426. The van der Waals surface area contributed by atoms with Crippen molar-refractivity contribution in [2.45, 2.75) is 13.0 Å². The predicted octanol–water partition coefficient (Wildman–Crippen LogP) is 1.10. The van der Waals surface area contributed by atoms with Crippen LogP contribution in [0.3, 0.4) is 0 Å². The predicted molar refractivity (Wildman–Crippen MR) is 68.4 cm³/mol. The van der Waals surface area contributed by atoms with Crippen LogP contribution in [0, 0.1) is 0 Å². The number of benzene rings is 1. The zero-order chi connectivity index (χ0) is 12.4. The highest BCUT2D eigenvalue weighted by Gasteiger charge is 2.12. The van der Waals surface area contributed by atoms with Gasteiger partial charge in [-0.05, 0) is 13.0 Å². The summed E-state index contributed by atoms with van der Waals surface area (Å²) in [7, 11) is 0. The molecule has 1 aromatic heterocycles. The normalized spacial score (nSPS) is 12.3. The zero-order valence-corrected chi connectivity index (χ0v) is 9.47. The molecule has 0 spiro atoms. The number of fused-ring (bicyclic) bond motifs is 1. The quantitative estimate of drug-likeness (QED) is 0.736. The van der Waals surface area contributed by atoms with Crippen molar-refractivity contribution in [3.63, 3.8) is 0 Å². The number of nitrogens with zero attached hydrogens (tertiary/aromatic N) is 1. The third-order valence-corrected chi connectivity index (χ3v) is 2.59. The van der Waals surface area contributed by atoms with E-state index in [2.05, 4.69) is 10.3 Å². The Labute approximate surface area is 98.8 Å². The van der Waals surface area contributed by atoms with Crippen LogP contribution in [-0.4, -0.2) is 16.9 Å². The third-order valence-electron chi connectivity index (χ3n) is 2.59. The molecule has 0 saturated heterocycles. The van der Waals surface area contributed by atoms with Crippen LogP contribution in [0.15, 0.2) is 30.5 Å². The highest BCUT2D eigenvalue weighted by molar-refractivity contribution is 5.98. The molecule has 0 aliphatic carbocycles. The second kappa shape index (κ2) is 4.29. The van der Waals surface area contributed by atoms with Gasteiger partial charge in [0, 0.05) is 5.39 Å². The highest BCUT2D eigenvalue weighted by Crippen LogP contribution is 2.27. The number of rotatable bonds is 3. The highest BCUT2D eigenvalue weighted by atomic mass is 16.1. The molecule has 0 aliphatic heterocycles. The number of anilines is 2. The van der Waals surface area contributed by atoms with Gasteiger partial charge in [0.1, 0.15) is 6.04 Å². The smallest absolute Gasteiger partial charge is 0.239 e. The number of hydrogen-bond donors (Lipinski definition) is 3. The molecular weight excluding hydrogens is 216 g/mol. The number of primary amides is 1. The minimum atomic E-state index is -0.483. The van der Waals surface area contributed by atoms with Gasteiger partial charge in [0.05, 0.1) is 23.1 Å². The van der Waals surface area contributed by atoms with E-state index >= 15 is 0 Å². The summed E-state index contributed by atoms with van der Waals surface area (Å²) in [4.78, 5) is 15.3. The standard InChI is InChI=1S/C12H14N4O/c1-7(12(14)17)16-11-8-4-2-3-5-10(8)15-6-9(11)13/h2-7H,13H2,1H3,(H2,14,17)(H,15,16). The Hall–Kier alpha value is -2.30. The van der Waals surface area contributed by atoms with Crippen molar-refractivity contribution >= 4 is 28.2 Å². The molecule has 88 valence electrons. The molecule has 0 saturated carbocycles. The number of pyridine rings is 1. The first-order valence-electron chi connectivity index (χ1n) is 5.28. The average molecular weight is 230 g/mol. The summed E-state index contributed by atoms with van der Waals surface area (Å²) >= 11 is 0. The van der Waals surface area contributed by atoms with Crippen LogP contribution in [0.5, 0.6) is 0 Å². The molecule has 5 nitrogen and oxygen atoms in total. The lowest BCUT2D eigenvalue weighted by Gasteiger charge is -2.15. The van der Waals surface area contributed by atoms with Crippen LogP contribution in [0.25, 0.3) is 10.9 Å². The Bertz CT molecular complexity index is 567. The summed E-state index contributed by atoms with van der Waals surface area (Å²) < 4.78 is 0. The van der Waals surface area contributed by atoms with Gasteiger partial charge >= 0.3 is 0 Å². The Balaban J connectivity index is 2.51. The number of carbonyl (C=O) groups is 1. The van der Waals surface area contributed by atoms with Gasteiger partial charge in [-0.1, -0.05) is 18.2 Å². The molecule has 0 bridgehead atoms. The first kappa shape index (κ1) is 11.2. The fraction of sp³-hybridized carbons (Fsp3) is 0.167. The fourth-order valence-corrected chi connectivity index (χ4v) is 1.61. The van der Waals surface area contributed by atoms with E-state index in [0.717, 1.165) is 10.9 Å². The van der Waals surface area contributed by atoms with Crippen molar-refractivity contribution < 1.29 is 4.79 Å². The van der Waals surface area contributed by atoms with Crippen LogP contribution in [-0.2, 0) is 4.79 Å². The Morgan fingerprint density at radius 3 is 2.82 bits per heavy atom. The van der Waals surface area contributed by atoms with Crippen LogP contribution < -0.4 is 16.8 Å². The van der Waals surface area contributed by atoms with Gasteiger partial charge in [-0.2, -0.15) is 0 Å². The van der Waals surface area contributed by atoms with E-state index in [-0.39, 0.29) is 0 Å². The molecule has 1 amide bonds. The molecule has 1 heterocycles. The minimum absolute atomic E-state index is 0.426. The summed E-state index contributed by atoms with van der Waals surface area (Å²) in [6.07, 6.45) is 1.57. The van der Waals surface area contributed by atoms with Gasteiger partial charge in [-0.15, -0.1) is 0 Å². The second-order valence-corrected chi connectivity index (χ2v) is 3.87. The molecule has 2 rings (SSSR count). The molecule has 0 fully saturated rings. The van der Waals surface area contributed by atoms with Crippen LogP contribution in [0.4, 0.5) is 11.4 Å². The van der Waals surface area contributed by atoms with Crippen molar-refractivity contribution in [1.82, 2.24) is 4.98 Å². The lowest BCUT2D eigenvalue weighted by molar-refractivity contribution is -0.118. The molecule has 1 aromatic carbocycles. The zero-order valence-electron chi connectivity index (χ0n) is 9.47. The number of aromatic nitrogens is 1. The van der Waals surface area contributed by atoms with Gasteiger partial charge in [0.25, 0.3) is 0 Å². The monoisotopic (exact) mass is 230 g/mol. The van der Waals surface area contributed by atoms with E-state index in [1.54, 1.807) is 13.1 Å².